The summed E-state index contributed by atoms with van der Waals surface area (Å²) in [5.41, 5.74) is 0.124. The van der Waals surface area contributed by atoms with Crippen molar-refractivity contribution in [2.24, 2.45) is 5.92 Å². The number of rotatable bonds is 15. The molecule has 0 saturated heterocycles. The highest BCUT2D eigenvalue weighted by atomic mass is 35.5. The van der Waals surface area contributed by atoms with Crippen LogP contribution in [0.25, 0.3) is 0 Å². The van der Waals surface area contributed by atoms with Gasteiger partial charge in [-0.05, 0) is 59.5 Å². The molecular formula is C34H32Cl2F6N4O6. The van der Waals surface area contributed by atoms with E-state index < -0.39 is 77.9 Å². The van der Waals surface area contributed by atoms with Gasteiger partial charge in [0, 0.05) is 11.4 Å². The summed E-state index contributed by atoms with van der Waals surface area (Å²) in [7, 11) is 1.34. The number of ketones is 1. The number of carbonyl (C=O) groups excluding carboxylic acids is 5. The van der Waals surface area contributed by atoms with E-state index >= 15 is 0 Å². The minimum atomic E-state index is -5.06. The number of alkyl halides is 5. The Morgan fingerprint density at radius 3 is 2.06 bits per heavy atom. The molecule has 3 aromatic carbocycles. The number of Topliss-reactive ketones (excluding diaryl/α,β-unsaturated/α-hetero) is 1. The molecule has 3 aromatic rings. The molecule has 0 spiro atoms. The van der Waals surface area contributed by atoms with Gasteiger partial charge in [0.05, 0.1) is 23.7 Å². The first-order valence-corrected chi connectivity index (χ1v) is 16.0. The minimum Gasteiger partial charge on any atom is -0.497 e. The largest absolute Gasteiger partial charge is 0.497 e. The second-order valence-corrected chi connectivity index (χ2v) is 12.5. The Kier molecular flexibility index (Phi) is 14.1. The van der Waals surface area contributed by atoms with E-state index in [1.54, 1.807) is 0 Å². The monoisotopic (exact) mass is 776 g/mol. The maximum absolute atomic E-state index is 14.9. The van der Waals surface area contributed by atoms with Crippen LogP contribution in [0, 0.1) is 11.7 Å². The van der Waals surface area contributed by atoms with Gasteiger partial charge >= 0.3 is 12.1 Å². The summed E-state index contributed by atoms with van der Waals surface area (Å²) in [5.74, 6) is -14.4. The van der Waals surface area contributed by atoms with Crippen molar-refractivity contribution in [3.05, 3.63) is 99.3 Å². The van der Waals surface area contributed by atoms with Gasteiger partial charge in [-0.25, -0.2) is 4.39 Å². The molecule has 2 unspecified atom stereocenters. The SMILES string of the molecule is COc1ccc(C(NC(=O)C(Cc2cccc(F)c2)NC(=O)c2cc(Cl)ccc2Cl)C(=O)N[C@H](C(=O)C(F)(F)C(=O)NCC(F)(F)F)C(C)C)cc1. The van der Waals surface area contributed by atoms with Crippen molar-refractivity contribution in [2.75, 3.05) is 13.7 Å². The lowest BCUT2D eigenvalue weighted by Crippen LogP contribution is -2.58. The first kappa shape index (κ1) is 41.6. The van der Waals surface area contributed by atoms with Gasteiger partial charge in [-0.15, -0.1) is 0 Å². The van der Waals surface area contributed by atoms with Crippen LogP contribution in [-0.2, 0) is 25.6 Å². The Morgan fingerprint density at radius 2 is 1.48 bits per heavy atom. The molecule has 0 saturated carbocycles. The maximum atomic E-state index is 14.9. The van der Waals surface area contributed by atoms with Crippen LogP contribution in [0.2, 0.25) is 10.0 Å². The quantitative estimate of drug-likeness (QED) is 0.121. The van der Waals surface area contributed by atoms with Crippen molar-refractivity contribution >= 4 is 52.6 Å². The van der Waals surface area contributed by atoms with Gasteiger partial charge < -0.3 is 26.0 Å². The predicted octanol–water partition coefficient (Wildman–Crippen LogP) is 5.36. The molecule has 4 N–H and O–H groups in total. The molecule has 0 bridgehead atoms. The van der Waals surface area contributed by atoms with Crippen molar-refractivity contribution in [2.45, 2.75) is 50.5 Å². The predicted molar refractivity (Wildman–Crippen MR) is 177 cm³/mol. The Morgan fingerprint density at radius 1 is 0.827 bits per heavy atom. The lowest BCUT2D eigenvalue weighted by Gasteiger charge is -2.28. The van der Waals surface area contributed by atoms with Gasteiger partial charge in [0.25, 0.3) is 11.8 Å². The minimum absolute atomic E-state index is 0.0185. The van der Waals surface area contributed by atoms with Crippen molar-refractivity contribution < 1.29 is 55.1 Å². The first-order valence-electron chi connectivity index (χ1n) is 15.3. The zero-order valence-corrected chi connectivity index (χ0v) is 29.1. The summed E-state index contributed by atoms with van der Waals surface area (Å²) < 4.78 is 86.6. The number of nitrogens with one attached hydrogen (secondary N) is 4. The molecular weight excluding hydrogens is 745 g/mol. The second kappa shape index (κ2) is 17.6. The van der Waals surface area contributed by atoms with Crippen LogP contribution in [0.4, 0.5) is 26.3 Å². The summed E-state index contributed by atoms with van der Waals surface area (Å²) in [6.45, 7) is 0.300. The fraction of sp³-hybridized carbons (Fsp3) is 0.324. The third kappa shape index (κ3) is 11.3. The number of hydrogen-bond acceptors (Lipinski definition) is 6. The molecule has 10 nitrogen and oxygen atoms in total. The van der Waals surface area contributed by atoms with Crippen LogP contribution >= 0.6 is 23.2 Å². The van der Waals surface area contributed by atoms with Crippen LogP contribution in [0.1, 0.15) is 41.4 Å². The standard InChI is InChI=1S/C34H32Cl2F6N4O6/c1-17(2)26(28(47)34(41,42)32(51)43-16-33(38,39)40)45-31(50)27(19-7-10-22(52-3)11-8-19)46-30(49)25(14-18-5-4-6-21(37)13-18)44-29(48)23-15-20(35)9-12-24(23)36/h4-13,15,17,25-27H,14,16H2,1-3H3,(H,43,51)(H,44,48)(H,45,50)(H,46,49)/t25?,26-,27?/m0/s1. The third-order valence-electron chi connectivity index (χ3n) is 7.41. The molecule has 0 aromatic heterocycles. The van der Waals surface area contributed by atoms with Crippen molar-refractivity contribution in [1.29, 1.82) is 0 Å². The van der Waals surface area contributed by atoms with Crippen molar-refractivity contribution in [3.63, 3.8) is 0 Å². The molecule has 18 heteroatoms. The second-order valence-electron chi connectivity index (χ2n) is 11.7. The van der Waals surface area contributed by atoms with E-state index in [4.69, 9.17) is 27.9 Å². The van der Waals surface area contributed by atoms with Crippen molar-refractivity contribution in [1.82, 2.24) is 21.3 Å². The molecule has 3 atom stereocenters. The van der Waals surface area contributed by atoms with E-state index in [-0.39, 0.29) is 33.2 Å². The fourth-order valence-corrected chi connectivity index (χ4v) is 5.10. The van der Waals surface area contributed by atoms with Gasteiger partial charge in [0.1, 0.15) is 30.2 Å². The first-order chi connectivity index (χ1) is 24.2. The maximum Gasteiger partial charge on any atom is 0.405 e. The summed E-state index contributed by atoms with van der Waals surface area (Å²) in [4.78, 5) is 65.9. The van der Waals surface area contributed by atoms with Crippen molar-refractivity contribution in [3.8, 4) is 5.75 Å². The van der Waals surface area contributed by atoms with E-state index in [9.17, 15) is 50.3 Å². The number of halogens is 8. The fourth-order valence-electron chi connectivity index (χ4n) is 4.73. The van der Waals surface area contributed by atoms with E-state index in [1.807, 2.05) is 0 Å². The van der Waals surface area contributed by atoms with Crippen LogP contribution < -0.4 is 26.0 Å². The number of methoxy groups -OCH3 is 1. The summed E-state index contributed by atoms with van der Waals surface area (Å²) in [6.07, 6.45) is -5.40. The molecule has 0 radical (unpaired) electrons. The lowest BCUT2D eigenvalue weighted by atomic mass is 9.94. The Labute approximate surface area is 303 Å². The van der Waals surface area contributed by atoms with Gasteiger partial charge in [-0.1, -0.05) is 61.3 Å². The van der Waals surface area contributed by atoms with Gasteiger partial charge in [0.15, 0.2) is 0 Å². The molecule has 0 heterocycles. The average molecular weight is 778 g/mol. The third-order valence-corrected chi connectivity index (χ3v) is 7.98. The van der Waals surface area contributed by atoms with Crippen LogP contribution in [0.15, 0.2) is 66.7 Å². The lowest BCUT2D eigenvalue weighted by molar-refractivity contribution is -0.165. The highest BCUT2D eigenvalue weighted by Gasteiger charge is 2.52. The Balaban J connectivity index is 1.99. The number of carbonyl (C=O) groups is 5. The van der Waals surface area contributed by atoms with E-state index in [2.05, 4.69) is 16.0 Å². The van der Waals surface area contributed by atoms with E-state index in [1.165, 1.54) is 75.6 Å². The van der Waals surface area contributed by atoms with E-state index in [0.717, 1.165) is 17.4 Å². The number of amides is 4. The summed E-state index contributed by atoms with van der Waals surface area (Å²) in [6, 6.07) is 8.97. The molecule has 3 rings (SSSR count). The Hall–Kier alpha value is -4.83. The summed E-state index contributed by atoms with van der Waals surface area (Å²) in [5, 5.41) is 8.01. The zero-order chi connectivity index (χ0) is 39.0. The molecule has 0 aliphatic heterocycles. The Bertz CT molecular complexity index is 1790. The van der Waals surface area contributed by atoms with Crippen LogP contribution in [0.3, 0.4) is 0 Å². The molecule has 0 aliphatic rings. The zero-order valence-electron chi connectivity index (χ0n) is 27.5. The molecule has 280 valence electrons. The van der Waals surface area contributed by atoms with Gasteiger partial charge in [-0.3, -0.25) is 24.0 Å². The van der Waals surface area contributed by atoms with Gasteiger partial charge in [-0.2, -0.15) is 22.0 Å². The topological polar surface area (TPSA) is 143 Å². The number of hydrogen-bond donors (Lipinski definition) is 4. The smallest absolute Gasteiger partial charge is 0.405 e. The normalized spacial score (nSPS) is 13.4. The van der Waals surface area contributed by atoms with Gasteiger partial charge in [0.2, 0.25) is 17.6 Å². The average Bonchev–Trinajstić information content (AvgIpc) is 3.08. The molecule has 0 aliphatic carbocycles. The van der Waals surface area contributed by atoms with E-state index in [0.29, 0.717) is 5.75 Å². The highest BCUT2D eigenvalue weighted by Crippen LogP contribution is 2.25. The summed E-state index contributed by atoms with van der Waals surface area (Å²) >= 11 is 12.2. The van der Waals surface area contributed by atoms with Crippen LogP contribution in [-0.4, -0.2) is 67.2 Å². The highest BCUT2D eigenvalue weighted by molar-refractivity contribution is 6.35. The molecule has 4 amide bonds. The molecule has 0 fully saturated rings. The van der Waals surface area contributed by atoms with Crippen LogP contribution in [0.5, 0.6) is 5.75 Å². The number of ether oxygens (including phenoxy) is 1. The number of benzene rings is 3. The molecule has 52 heavy (non-hydrogen) atoms.